The average Bonchev–Trinajstić information content (AvgIpc) is 3.43. The molecule has 0 saturated heterocycles. The summed E-state index contributed by atoms with van der Waals surface area (Å²) in [6.45, 7) is 1.69. The first-order valence-corrected chi connectivity index (χ1v) is 12.7. The van der Waals surface area contributed by atoms with Crippen LogP contribution in [-0.2, 0) is 6.54 Å². The number of urea groups is 1. The molecule has 4 N–H and O–H groups in total. The van der Waals surface area contributed by atoms with Crippen molar-refractivity contribution in [3.05, 3.63) is 96.2 Å². The van der Waals surface area contributed by atoms with E-state index in [1.807, 2.05) is 60.2 Å². The maximum Gasteiger partial charge on any atom is 0.323 e. The van der Waals surface area contributed by atoms with Gasteiger partial charge in [0.1, 0.15) is 12.4 Å². The molecule has 0 aliphatic carbocycles. The van der Waals surface area contributed by atoms with Crippen LogP contribution in [0, 0.1) is 0 Å². The molecule has 39 heavy (non-hydrogen) atoms. The number of fused-ring (bicyclic) bond motifs is 1. The number of amides is 2. The predicted molar refractivity (Wildman–Crippen MR) is 154 cm³/mol. The Bertz CT molecular complexity index is 1570. The minimum Gasteiger partial charge on any atom is -0.490 e. The quantitative estimate of drug-likeness (QED) is 0.177. The molecule has 2 aromatic carbocycles. The zero-order valence-corrected chi connectivity index (χ0v) is 21.9. The second-order valence-electron chi connectivity index (χ2n) is 8.59. The Balaban J connectivity index is 1.33. The number of carbonyl (C=O) groups excluding carboxylic acids is 1. The van der Waals surface area contributed by atoms with Crippen LogP contribution in [0.4, 0.5) is 22.0 Å². The van der Waals surface area contributed by atoms with Gasteiger partial charge in [0, 0.05) is 60.3 Å². The lowest BCUT2D eigenvalue weighted by molar-refractivity contribution is 0.262. The summed E-state index contributed by atoms with van der Waals surface area (Å²) in [6.07, 6.45) is 9.01. The van der Waals surface area contributed by atoms with Crippen LogP contribution < -0.4 is 26.0 Å². The molecule has 2 amide bonds. The smallest absolute Gasteiger partial charge is 0.323 e. The summed E-state index contributed by atoms with van der Waals surface area (Å²) < 4.78 is 7.68. The van der Waals surface area contributed by atoms with Gasteiger partial charge in [0.2, 0.25) is 0 Å². The van der Waals surface area contributed by atoms with Crippen molar-refractivity contribution in [1.29, 1.82) is 0 Å². The number of halogens is 1. The lowest BCUT2D eigenvalue weighted by atomic mass is 10.1. The van der Waals surface area contributed by atoms with Gasteiger partial charge >= 0.3 is 6.03 Å². The van der Waals surface area contributed by atoms with E-state index in [-0.39, 0.29) is 0 Å². The first-order valence-electron chi connectivity index (χ1n) is 12.3. The van der Waals surface area contributed by atoms with E-state index in [0.717, 1.165) is 22.5 Å². The molecule has 0 aliphatic heterocycles. The number of hydrogen-bond donors (Lipinski definition) is 4. The van der Waals surface area contributed by atoms with Crippen molar-refractivity contribution in [3.63, 3.8) is 0 Å². The number of hydrogen-bond acceptors (Lipinski definition) is 7. The third kappa shape index (κ3) is 6.61. The molecule has 11 heteroatoms. The number of ether oxygens (including phenoxy) is 1. The van der Waals surface area contributed by atoms with Crippen molar-refractivity contribution >= 4 is 40.5 Å². The van der Waals surface area contributed by atoms with Gasteiger partial charge in [-0.2, -0.15) is 0 Å². The van der Waals surface area contributed by atoms with Crippen molar-refractivity contribution in [2.75, 3.05) is 36.1 Å². The Morgan fingerprint density at radius 3 is 2.77 bits per heavy atom. The molecule has 5 aromatic rings. The molecular weight excluding hydrogens is 516 g/mol. The Kier molecular flexibility index (Phi) is 8.15. The third-order valence-corrected chi connectivity index (χ3v) is 6.03. The van der Waals surface area contributed by atoms with E-state index in [1.165, 1.54) is 0 Å². The Labute approximate surface area is 230 Å². The SMILES string of the molecule is CNCCOc1ccc(Cl)cc1NC(=O)Nc1cccc(-c2cn3ccnc3c(NCc3ccncc3)n2)c1. The molecule has 0 unspecified atom stereocenters. The standard InChI is InChI=1S/C28H27ClN8O2/c1-30-12-14-39-25-6-5-21(29)16-23(25)36-28(38)34-22-4-2-3-20(15-22)24-18-37-13-11-32-27(37)26(35-24)33-17-19-7-9-31-10-8-19/h2-11,13,15-16,18,30H,12,14,17H2,1H3,(H,33,35)(H2,34,36,38). The number of benzene rings is 2. The van der Waals surface area contributed by atoms with Crippen LogP contribution in [0.1, 0.15) is 5.56 Å². The lowest BCUT2D eigenvalue weighted by Gasteiger charge is -2.14. The van der Waals surface area contributed by atoms with Gasteiger partial charge in [0.15, 0.2) is 11.5 Å². The molecule has 0 radical (unpaired) electrons. The lowest BCUT2D eigenvalue weighted by Crippen LogP contribution is -2.21. The molecule has 10 nitrogen and oxygen atoms in total. The number of imidazole rings is 1. The fraction of sp³-hybridized carbons (Fsp3) is 0.143. The minimum atomic E-state index is -0.425. The largest absolute Gasteiger partial charge is 0.490 e. The Morgan fingerprint density at radius 1 is 1.05 bits per heavy atom. The Hall–Kier alpha value is -4.67. The van der Waals surface area contributed by atoms with Crippen molar-refractivity contribution in [2.45, 2.75) is 6.54 Å². The minimum absolute atomic E-state index is 0.425. The van der Waals surface area contributed by atoms with Gasteiger partial charge in [0.25, 0.3) is 0 Å². The number of rotatable bonds is 10. The molecular formula is C28H27ClN8O2. The molecule has 3 heterocycles. The fourth-order valence-electron chi connectivity index (χ4n) is 3.91. The monoisotopic (exact) mass is 542 g/mol. The topological polar surface area (TPSA) is 118 Å². The number of aromatic nitrogens is 4. The van der Waals surface area contributed by atoms with Gasteiger partial charge in [-0.1, -0.05) is 23.7 Å². The predicted octanol–water partition coefficient (Wildman–Crippen LogP) is 5.30. The van der Waals surface area contributed by atoms with Crippen LogP contribution >= 0.6 is 11.6 Å². The number of carbonyl (C=O) groups is 1. The van der Waals surface area contributed by atoms with Crippen LogP contribution in [0.3, 0.4) is 0 Å². The highest BCUT2D eigenvalue weighted by atomic mass is 35.5. The van der Waals surface area contributed by atoms with Crippen LogP contribution in [0.25, 0.3) is 16.9 Å². The second-order valence-corrected chi connectivity index (χ2v) is 9.03. The molecule has 5 rings (SSSR count). The van der Waals surface area contributed by atoms with Gasteiger partial charge < -0.3 is 30.4 Å². The Morgan fingerprint density at radius 2 is 1.92 bits per heavy atom. The van der Waals surface area contributed by atoms with Crippen molar-refractivity contribution in [1.82, 2.24) is 24.7 Å². The molecule has 3 aromatic heterocycles. The molecule has 0 atom stereocenters. The van der Waals surface area contributed by atoms with E-state index < -0.39 is 6.03 Å². The van der Waals surface area contributed by atoms with Gasteiger partial charge in [-0.25, -0.2) is 14.8 Å². The molecule has 0 aliphatic rings. The summed E-state index contributed by atoms with van der Waals surface area (Å²) in [4.78, 5) is 26.2. The third-order valence-electron chi connectivity index (χ3n) is 5.80. The van der Waals surface area contributed by atoms with Crippen molar-refractivity contribution in [2.24, 2.45) is 0 Å². The maximum absolute atomic E-state index is 12.9. The molecule has 0 saturated carbocycles. The van der Waals surface area contributed by atoms with Crippen LogP contribution in [0.15, 0.2) is 85.6 Å². The fourth-order valence-corrected chi connectivity index (χ4v) is 4.08. The van der Waals surface area contributed by atoms with E-state index >= 15 is 0 Å². The van der Waals surface area contributed by atoms with Crippen molar-refractivity contribution < 1.29 is 9.53 Å². The van der Waals surface area contributed by atoms with Crippen LogP contribution in [0.5, 0.6) is 5.75 Å². The van der Waals surface area contributed by atoms with Gasteiger partial charge in [-0.3, -0.25) is 4.98 Å². The number of anilines is 3. The number of likely N-dealkylation sites (N-methyl/N-ethyl adjacent to an activating group) is 1. The number of nitrogens with one attached hydrogen (secondary N) is 4. The normalized spacial score (nSPS) is 10.8. The highest BCUT2D eigenvalue weighted by Gasteiger charge is 2.12. The summed E-state index contributed by atoms with van der Waals surface area (Å²) in [5, 5.41) is 12.6. The zero-order valence-electron chi connectivity index (χ0n) is 21.2. The van der Waals surface area contributed by atoms with Gasteiger partial charge in [-0.05, 0) is 55.1 Å². The van der Waals surface area contributed by atoms with E-state index in [4.69, 9.17) is 21.3 Å². The second kappa shape index (κ2) is 12.2. The highest BCUT2D eigenvalue weighted by molar-refractivity contribution is 6.31. The molecule has 0 bridgehead atoms. The van der Waals surface area contributed by atoms with E-state index in [9.17, 15) is 4.79 Å². The summed E-state index contributed by atoms with van der Waals surface area (Å²) in [6, 6.07) is 16.0. The molecule has 198 valence electrons. The van der Waals surface area contributed by atoms with Crippen LogP contribution in [-0.4, -0.2) is 45.6 Å². The first-order chi connectivity index (χ1) is 19.1. The average molecular weight is 543 g/mol. The zero-order chi connectivity index (χ0) is 27.0. The number of nitrogens with zero attached hydrogens (tertiary/aromatic N) is 4. The van der Waals surface area contributed by atoms with Crippen molar-refractivity contribution in [3.8, 4) is 17.0 Å². The van der Waals surface area contributed by atoms with E-state index in [0.29, 0.717) is 47.7 Å². The van der Waals surface area contributed by atoms with Gasteiger partial charge in [0.05, 0.1) is 11.4 Å². The molecule has 0 spiro atoms. The van der Waals surface area contributed by atoms with E-state index in [1.54, 1.807) is 36.8 Å². The summed E-state index contributed by atoms with van der Waals surface area (Å²) >= 11 is 6.15. The van der Waals surface area contributed by atoms with Crippen LogP contribution in [0.2, 0.25) is 5.02 Å². The highest BCUT2D eigenvalue weighted by Crippen LogP contribution is 2.29. The maximum atomic E-state index is 12.9. The summed E-state index contributed by atoms with van der Waals surface area (Å²) in [7, 11) is 1.84. The van der Waals surface area contributed by atoms with Gasteiger partial charge in [-0.15, -0.1) is 0 Å². The summed E-state index contributed by atoms with van der Waals surface area (Å²) in [5.74, 6) is 1.18. The summed E-state index contributed by atoms with van der Waals surface area (Å²) in [5.41, 5.74) is 4.42. The van der Waals surface area contributed by atoms with E-state index in [2.05, 4.69) is 31.2 Å². The molecule has 0 fully saturated rings. The first kappa shape index (κ1) is 26.0. The number of pyridine rings is 1.